The third kappa shape index (κ3) is 14.7. The minimum absolute atomic E-state index is 0.241. The van der Waals surface area contributed by atoms with Crippen molar-refractivity contribution in [1.82, 2.24) is 0 Å². The Morgan fingerprint density at radius 3 is 1.00 bits per heavy atom. The van der Waals surface area contributed by atoms with Crippen LogP contribution in [0.15, 0.2) is 0 Å². The molecular formula is C18H42O6S4Si2. The molecule has 182 valence electrons. The van der Waals surface area contributed by atoms with Crippen LogP contribution in [0.25, 0.3) is 0 Å². The summed E-state index contributed by atoms with van der Waals surface area (Å²) >= 11 is 0. The van der Waals surface area contributed by atoms with Gasteiger partial charge in [-0.05, 0) is 73.3 Å². The molecular weight excluding hydrogens is 497 g/mol. The summed E-state index contributed by atoms with van der Waals surface area (Å²) in [5.74, 6) is -1.70. The van der Waals surface area contributed by atoms with Crippen molar-refractivity contribution in [3.8, 4) is 0 Å². The van der Waals surface area contributed by atoms with E-state index >= 15 is 0 Å². The van der Waals surface area contributed by atoms with Gasteiger partial charge in [-0.3, -0.25) is 0 Å². The average Bonchev–Trinajstić information content (AvgIpc) is 2.70. The van der Waals surface area contributed by atoms with Gasteiger partial charge in [-0.15, -0.1) is 20.5 Å². The smallest absolute Gasteiger partial charge is 0.282 e. The summed E-state index contributed by atoms with van der Waals surface area (Å²) < 4.78 is 34.7. The minimum atomic E-state index is -0.848. The van der Waals surface area contributed by atoms with Crippen LogP contribution in [0.5, 0.6) is 0 Å². The van der Waals surface area contributed by atoms with Crippen LogP contribution in [0.1, 0.15) is 54.4 Å². The zero-order chi connectivity index (χ0) is 22.6. The Labute approximate surface area is 203 Å². The fourth-order valence-corrected chi connectivity index (χ4v) is 22.8. The van der Waals surface area contributed by atoms with Crippen LogP contribution in [0, 0.1) is 0 Å². The van der Waals surface area contributed by atoms with Crippen LogP contribution < -0.4 is 0 Å². The van der Waals surface area contributed by atoms with Crippen molar-refractivity contribution in [1.29, 1.82) is 0 Å². The van der Waals surface area contributed by atoms with E-state index in [9.17, 15) is 0 Å². The Morgan fingerprint density at radius 1 is 0.500 bits per heavy atom. The molecule has 0 aromatic carbocycles. The molecule has 0 aliphatic heterocycles. The molecule has 0 aromatic heterocycles. The predicted octanol–water partition coefficient (Wildman–Crippen LogP) is 4.98. The molecule has 0 heterocycles. The zero-order valence-corrected chi connectivity index (χ0v) is 25.7. The number of rotatable bonds is 23. The third-order valence-corrected chi connectivity index (χ3v) is 21.0. The van der Waals surface area contributed by atoms with Crippen molar-refractivity contribution in [3.63, 3.8) is 0 Å². The lowest BCUT2D eigenvalue weighted by molar-refractivity contribution is -0.378. The second-order valence-corrected chi connectivity index (χ2v) is 20.3. The van der Waals surface area contributed by atoms with Crippen LogP contribution >= 0.6 is 40.1 Å². The maximum atomic E-state index is 5.79. The largest absolute Gasteiger partial charge is 0.328 e. The van der Waals surface area contributed by atoms with Gasteiger partial charge in [0.15, 0.2) is 0 Å². The SMILES string of the molecule is CCOC(CC[SiH2]SSSS[SiH2]CCC(OCC)(OCC)OCC)(OCC)OCC. The fraction of sp³-hybridized carbons (Fsp3) is 1.00. The van der Waals surface area contributed by atoms with E-state index in [1.165, 1.54) is 0 Å². The Morgan fingerprint density at radius 2 is 0.767 bits per heavy atom. The van der Waals surface area contributed by atoms with Crippen LogP contribution in [0.4, 0.5) is 0 Å². The second-order valence-electron chi connectivity index (χ2n) is 5.95. The first-order chi connectivity index (χ1) is 14.6. The van der Waals surface area contributed by atoms with Crippen molar-refractivity contribution in [2.24, 2.45) is 0 Å². The standard InChI is InChI=1S/C18H42O6S4Si2/c1-7-19-17(20-8-2,21-9-3)13-15-29-27-25-26-28-30-16-14-18(22-10-4,23-11-5)24-12-6/h7-16,29-30H2,1-6H3. The summed E-state index contributed by atoms with van der Waals surface area (Å²) in [6.07, 6.45) is 1.62. The lowest BCUT2D eigenvalue weighted by atomic mass is 10.4. The lowest BCUT2D eigenvalue weighted by Crippen LogP contribution is -2.39. The van der Waals surface area contributed by atoms with E-state index in [1.54, 1.807) is 0 Å². The Balaban J connectivity index is 3.97. The van der Waals surface area contributed by atoms with Gasteiger partial charge in [0.2, 0.25) is 0 Å². The Kier molecular flexibility index (Phi) is 22.3. The molecule has 0 aliphatic rings. The van der Waals surface area contributed by atoms with Crippen molar-refractivity contribution in [2.45, 2.75) is 78.4 Å². The summed E-state index contributed by atoms with van der Waals surface area (Å²) in [5.41, 5.74) is 0. The first kappa shape index (κ1) is 31.6. The van der Waals surface area contributed by atoms with Crippen molar-refractivity contribution in [3.05, 3.63) is 0 Å². The van der Waals surface area contributed by atoms with Gasteiger partial charge >= 0.3 is 0 Å². The van der Waals surface area contributed by atoms with Gasteiger partial charge in [0.1, 0.15) is 17.3 Å². The second kappa shape index (κ2) is 21.1. The van der Waals surface area contributed by atoms with Gasteiger partial charge in [-0.1, -0.05) is 0 Å². The van der Waals surface area contributed by atoms with E-state index in [-0.39, 0.29) is 17.3 Å². The molecule has 30 heavy (non-hydrogen) atoms. The molecule has 0 aliphatic carbocycles. The summed E-state index contributed by atoms with van der Waals surface area (Å²) in [5, 5.41) is 0. The monoisotopic (exact) mass is 538 g/mol. The van der Waals surface area contributed by atoms with Gasteiger partial charge < -0.3 is 28.4 Å². The van der Waals surface area contributed by atoms with Crippen LogP contribution in [0.3, 0.4) is 0 Å². The Bertz CT molecular complexity index is 321. The van der Waals surface area contributed by atoms with Gasteiger partial charge in [-0.25, -0.2) is 0 Å². The minimum Gasteiger partial charge on any atom is -0.328 e. The Hall–Kier alpha value is 1.59. The van der Waals surface area contributed by atoms with E-state index < -0.39 is 11.9 Å². The summed E-state index contributed by atoms with van der Waals surface area (Å²) in [6.45, 7) is 15.4. The van der Waals surface area contributed by atoms with Gasteiger partial charge in [-0.2, -0.15) is 0 Å². The molecule has 0 aromatic rings. The molecule has 0 bridgehead atoms. The third-order valence-electron chi connectivity index (χ3n) is 3.73. The maximum Gasteiger partial charge on any atom is 0.282 e. The van der Waals surface area contributed by atoms with E-state index in [4.69, 9.17) is 28.4 Å². The van der Waals surface area contributed by atoms with Crippen LogP contribution in [0.2, 0.25) is 12.1 Å². The molecule has 0 spiro atoms. The summed E-state index contributed by atoms with van der Waals surface area (Å²) in [4.78, 5) is 0. The highest BCUT2D eigenvalue weighted by atomic mass is 33.7. The van der Waals surface area contributed by atoms with Crippen molar-refractivity contribution in [2.75, 3.05) is 39.6 Å². The molecule has 0 unspecified atom stereocenters. The quantitative estimate of drug-likeness (QED) is 0.0771. The topological polar surface area (TPSA) is 55.4 Å². The van der Waals surface area contributed by atoms with E-state index in [1.807, 2.05) is 81.7 Å². The number of hydrogen-bond acceptors (Lipinski definition) is 10. The lowest BCUT2D eigenvalue weighted by Gasteiger charge is -2.32. The molecule has 0 amide bonds. The summed E-state index contributed by atoms with van der Waals surface area (Å²) in [6, 6.07) is 2.25. The molecule has 0 N–H and O–H groups in total. The first-order valence-electron chi connectivity index (χ1n) is 11.0. The molecule has 6 nitrogen and oxygen atoms in total. The summed E-state index contributed by atoms with van der Waals surface area (Å²) in [7, 11) is 7.37. The first-order valence-corrected chi connectivity index (χ1v) is 21.6. The highest BCUT2D eigenvalue weighted by Crippen LogP contribution is 2.43. The van der Waals surface area contributed by atoms with E-state index in [2.05, 4.69) is 0 Å². The molecule has 0 saturated carbocycles. The van der Waals surface area contributed by atoms with Gasteiger partial charge in [0, 0.05) is 52.5 Å². The fourth-order valence-electron chi connectivity index (χ4n) is 2.81. The molecule has 12 heteroatoms. The molecule has 0 rings (SSSR count). The zero-order valence-electron chi connectivity index (χ0n) is 19.6. The van der Waals surface area contributed by atoms with E-state index in [0.29, 0.717) is 39.6 Å². The predicted molar refractivity (Wildman–Crippen MR) is 142 cm³/mol. The molecule has 0 fully saturated rings. The van der Waals surface area contributed by atoms with Crippen molar-refractivity contribution < 1.29 is 28.4 Å². The van der Waals surface area contributed by atoms with Gasteiger partial charge in [0.05, 0.1) is 0 Å². The molecule has 0 saturated heterocycles. The molecule has 0 radical (unpaired) electrons. The number of hydrogen-bond donors (Lipinski definition) is 0. The maximum absolute atomic E-state index is 5.79. The normalized spacial score (nSPS) is 13.4. The van der Waals surface area contributed by atoms with Crippen LogP contribution in [-0.4, -0.2) is 68.9 Å². The van der Waals surface area contributed by atoms with Crippen LogP contribution in [-0.2, 0) is 28.4 Å². The highest BCUT2D eigenvalue weighted by molar-refractivity contribution is 9.30. The van der Waals surface area contributed by atoms with Crippen molar-refractivity contribution >= 4 is 57.5 Å². The van der Waals surface area contributed by atoms with Gasteiger partial charge in [0.25, 0.3) is 11.9 Å². The number of ether oxygens (including phenoxy) is 6. The van der Waals surface area contributed by atoms with E-state index in [0.717, 1.165) is 24.9 Å². The average molecular weight is 539 g/mol. The molecule has 0 atom stereocenters. The highest BCUT2D eigenvalue weighted by Gasteiger charge is 2.32.